The van der Waals surface area contributed by atoms with Crippen LogP contribution in [0.15, 0.2) is 18.3 Å². The first-order valence-electron chi connectivity index (χ1n) is 5.64. The molecular formula is C12H11N3O2S. The molecule has 0 atom stereocenters. The number of hydrogen-bond acceptors (Lipinski definition) is 4. The van der Waals surface area contributed by atoms with E-state index >= 15 is 0 Å². The van der Waals surface area contributed by atoms with Gasteiger partial charge in [-0.2, -0.15) is 0 Å². The Kier molecular flexibility index (Phi) is 2.52. The highest BCUT2D eigenvalue weighted by molar-refractivity contribution is 7.20. The first-order chi connectivity index (χ1) is 8.65. The maximum Gasteiger partial charge on any atom is 0.267 e. The van der Waals surface area contributed by atoms with Crippen LogP contribution >= 0.6 is 11.3 Å². The number of amides is 2. The molecule has 1 aliphatic rings. The second-order valence-electron chi connectivity index (χ2n) is 4.23. The van der Waals surface area contributed by atoms with Gasteiger partial charge in [0.15, 0.2) is 0 Å². The van der Waals surface area contributed by atoms with Crippen molar-refractivity contribution in [3.8, 4) is 0 Å². The maximum atomic E-state index is 12.0. The maximum absolute atomic E-state index is 12.0. The van der Waals surface area contributed by atoms with Crippen molar-refractivity contribution >= 4 is 33.2 Å². The van der Waals surface area contributed by atoms with Gasteiger partial charge in [0.1, 0.15) is 5.69 Å². The van der Waals surface area contributed by atoms with Crippen molar-refractivity contribution in [1.29, 1.82) is 0 Å². The topological polar surface area (TPSA) is 76.3 Å². The molecule has 2 amide bonds. The van der Waals surface area contributed by atoms with Crippen molar-refractivity contribution in [2.45, 2.75) is 6.42 Å². The van der Waals surface area contributed by atoms with Crippen LogP contribution in [0.5, 0.6) is 0 Å². The molecule has 0 aromatic carbocycles. The largest absolute Gasteiger partial charge is 0.364 e. The van der Waals surface area contributed by atoms with Gasteiger partial charge in [0, 0.05) is 29.4 Å². The number of primary amides is 1. The zero-order chi connectivity index (χ0) is 12.7. The third-order valence-corrected chi connectivity index (χ3v) is 4.09. The zero-order valence-corrected chi connectivity index (χ0v) is 10.4. The van der Waals surface area contributed by atoms with E-state index in [0.29, 0.717) is 4.88 Å². The van der Waals surface area contributed by atoms with E-state index in [0.717, 1.165) is 29.6 Å². The number of nitrogens with two attached hydrogens (primary N) is 1. The van der Waals surface area contributed by atoms with E-state index in [9.17, 15) is 9.59 Å². The standard InChI is InChI=1S/C12H11N3O2S/c13-11(16)8-5-9-7(6-14-8)4-10(18-9)12(17)15-2-1-3-15/h4-6H,1-3H2,(H2,13,16). The third-order valence-electron chi connectivity index (χ3n) is 3.01. The minimum absolute atomic E-state index is 0.0584. The lowest BCUT2D eigenvalue weighted by Gasteiger charge is -2.30. The molecule has 18 heavy (non-hydrogen) atoms. The molecule has 0 bridgehead atoms. The van der Waals surface area contributed by atoms with Crippen LogP contribution in [-0.2, 0) is 0 Å². The number of nitrogens with zero attached hydrogens (tertiary/aromatic N) is 2. The fraction of sp³-hybridized carbons (Fsp3) is 0.250. The van der Waals surface area contributed by atoms with Crippen molar-refractivity contribution in [1.82, 2.24) is 9.88 Å². The van der Waals surface area contributed by atoms with Gasteiger partial charge < -0.3 is 10.6 Å². The van der Waals surface area contributed by atoms with Gasteiger partial charge in [-0.1, -0.05) is 0 Å². The molecule has 92 valence electrons. The lowest BCUT2D eigenvalue weighted by molar-refractivity contribution is 0.0657. The molecule has 0 spiro atoms. The summed E-state index contributed by atoms with van der Waals surface area (Å²) >= 11 is 1.38. The molecule has 1 aliphatic heterocycles. The van der Waals surface area contributed by atoms with Crippen molar-refractivity contribution in [2.24, 2.45) is 5.73 Å². The van der Waals surface area contributed by atoms with Crippen LogP contribution in [-0.4, -0.2) is 34.8 Å². The van der Waals surface area contributed by atoms with E-state index in [1.165, 1.54) is 11.3 Å². The van der Waals surface area contributed by atoms with Crippen LogP contribution in [0.2, 0.25) is 0 Å². The Morgan fingerprint density at radius 2 is 2.11 bits per heavy atom. The molecule has 6 heteroatoms. The molecule has 2 aromatic rings. The summed E-state index contributed by atoms with van der Waals surface area (Å²) in [6.07, 6.45) is 2.66. The summed E-state index contributed by atoms with van der Waals surface area (Å²) in [6.45, 7) is 1.66. The zero-order valence-electron chi connectivity index (χ0n) is 9.55. The highest BCUT2D eigenvalue weighted by atomic mass is 32.1. The fourth-order valence-electron chi connectivity index (χ4n) is 1.85. The Labute approximate surface area is 107 Å². The minimum Gasteiger partial charge on any atom is -0.364 e. The summed E-state index contributed by atoms with van der Waals surface area (Å²) in [6, 6.07) is 3.45. The summed E-state index contributed by atoms with van der Waals surface area (Å²) in [5.74, 6) is -0.496. The molecule has 3 heterocycles. The Hall–Kier alpha value is -1.95. The van der Waals surface area contributed by atoms with E-state index in [4.69, 9.17) is 5.73 Å². The number of pyridine rings is 1. The average molecular weight is 261 g/mol. The lowest BCUT2D eigenvalue weighted by Crippen LogP contribution is -2.41. The van der Waals surface area contributed by atoms with E-state index in [1.807, 2.05) is 11.0 Å². The van der Waals surface area contributed by atoms with Crippen molar-refractivity contribution in [3.63, 3.8) is 0 Å². The molecule has 0 unspecified atom stereocenters. The minimum atomic E-state index is -0.555. The van der Waals surface area contributed by atoms with Gasteiger partial charge in [0.25, 0.3) is 11.8 Å². The first-order valence-corrected chi connectivity index (χ1v) is 6.45. The monoisotopic (exact) mass is 261 g/mol. The van der Waals surface area contributed by atoms with Crippen LogP contribution < -0.4 is 5.73 Å². The summed E-state index contributed by atoms with van der Waals surface area (Å²) in [5, 5.41) is 0.869. The van der Waals surface area contributed by atoms with Gasteiger partial charge in [0.05, 0.1) is 4.88 Å². The van der Waals surface area contributed by atoms with Gasteiger partial charge in [0.2, 0.25) is 0 Å². The van der Waals surface area contributed by atoms with Gasteiger partial charge in [-0.15, -0.1) is 11.3 Å². The molecule has 5 nitrogen and oxygen atoms in total. The number of carbonyl (C=O) groups excluding carboxylic acids is 2. The molecule has 0 aliphatic carbocycles. The number of likely N-dealkylation sites (tertiary alicyclic amines) is 1. The van der Waals surface area contributed by atoms with E-state index in [2.05, 4.69) is 4.98 Å². The molecule has 0 radical (unpaired) electrons. The Balaban J connectivity index is 1.99. The quantitative estimate of drug-likeness (QED) is 0.883. The second-order valence-corrected chi connectivity index (χ2v) is 5.31. The average Bonchev–Trinajstić information content (AvgIpc) is 2.68. The SMILES string of the molecule is NC(=O)c1cc2sc(C(=O)N3CCC3)cc2cn1. The number of carbonyl (C=O) groups is 2. The number of thiophene rings is 1. The molecule has 2 N–H and O–H groups in total. The van der Waals surface area contributed by atoms with Gasteiger partial charge in [-0.05, 0) is 18.6 Å². The predicted octanol–water partition coefficient (Wildman–Crippen LogP) is 1.24. The lowest BCUT2D eigenvalue weighted by atomic mass is 10.2. The first kappa shape index (κ1) is 11.2. The summed E-state index contributed by atoms with van der Waals surface area (Å²) in [4.78, 5) is 29.5. The van der Waals surface area contributed by atoms with Crippen LogP contribution in [0.1, 0.15) is 26.6 Å². The predicted molar refractivity (Wildman–Crippen MR) is 68.7 cm³/mol. The highest BCUT2D eigenvalue weighted by Gasteiger charge is 2.23. The van der Waals surface area contributed by atoms with Gasteiger partial charge >= 0.3 is 0 Å². The normalized spacial score (nSPS) is 14.6. The molecule has 3 rings (SSSR count). The summed E-state index contributed by atoms with van der Waals surface area (Å²) < 4.78 is 0.864. The molecule has 2 aromatic heterocycles. The van der Waals surface area contributed by atoms with Gasteiger partial charge in [-0.3, -0.25) is 14.6 Å². The van der Waals surface area contributed by atoms with Crippen molar-refractivity contribution in [2.75, 3.05) is 13.1 Å². The van der Waals surface area contributed by atoms with Crippen LogP contribution in [0, 0.1) is 0 Å². The molecule has 1 fully saturated rings. The molecular weight excluding hydrogens is 250 g/mol. The Bertz CT molecular complexity index is 646. The fourth-order valence-corrected chi connectivity index (χ4v) is 2.89. The van der Waals surface area contributed by atoms with Crippen LogP contribution in [0.25, 0.3) is 10.1 Å². The number of rotatable bonds is 2. The Morgan fingerprint density at radius 1 is 1.33 bits per heavy atom. The molecule has 0 saturated carbocycles. The third kappa shape index (κ3) is 1.74. The van der Waals surface area contributed by atoms with E-state index in [-0.39, 0.29) is 11.6 Å². The summed E-state index contributed by atoms with van der Waals surface area (Å²) in [7, 11) is 0. The number of fused-ring (bicyclic) bond motifs is 1. The molecule has 1 saturated heterocycles. The second kappa shape index (κ2) is 4.06. The van der Waals surface area contributed by atoms with E-state index in [1.54, 1.807) is 12.3 Å². The van der Waals surface area contributed by atoms with Gasteiger partial charge in [-0.25, -0.2) is 0 Å². The summed E-state index contributed by atoms with van der Waals surface area (Å²) in [5.41, 5.74) is 5.41. The van der Waals surface area contributed by atoms with Crippen LogP contribution in [0.3, 0.4) is 0 Å². The Morgan fingerprint density at radius 3 is 2.72 bits per heavy atom. The highest BCUT2D eigenvalue weighted by Crippen LogP contribution is 2.27. The smallest absolute Gasteiger partial charge is 0.267 e. The number of aromatic nitrogens is 1. The van der Waals surface area contributed by atoms with Crippen molar-refractivity contribution in [3.05, 3.63) is 28.9 Å². The van der Waals surface area contributed by atoms with E-state index < -0.39 is 5.91 Å². The van der Waals surface area contributed by atoms with Crippen LogP contribution in [0.4, 0.5) is 0 Å². The van der Waals surface area contributed by atoms with Crippen molar-refractivity contribution < 1.29 is 9.59 Å². The number of hydrogen-bond donors (Lipinski definition) is 1.